The maximum absolute atomic E-state index is 11.1. The first kappa shape index (κ1) is 25.0. The Hall–Kier alpha value is -1.09. The van der Waals surface area contributed by atoms with Gasteiger partial charge in [0.05, 0.1) is 6.10 Å². The molecule has 0 amide bonds. The van der Waals surface area contributed by atoms with Crippen molar-refractivity contribution in [3.8, 4) is 0 Å². The zero-order valence-corrected chi connectivity index (χ0v) is 22.3. The molecule has 7 atom stereocenters. The van der Waals surface area contributed by atoms with Crippen LogP contribution in [0.25, 0.3) is 0 Å². The second-order valence-electron chi connectivity index (χ2n) is 13.5. The minimum atomic E-state index is -0.794. The Kier molecular flexibility index (Phi) is 6.25. The normalized spacial score (nSPS) is 43.5. The predicted octanol–water partition coefficient (Wildman–Crippen LogP) is 7.54. The van der Waals surface area contributed by atoms with Crippen LogP contribution in [0.15, 0.2) is 22.8 Å². The average Bonchev–Trinajstić information content (AvgIpc) is 3.02. The molecule has 0 aromatic heterocycles. The number of carboxylic acids is 1. The summed E-state index contributed by atoms with van der Waals surface area (Å²) in [6.45, 7) is 16.5. The van der Waals surface area contributed by atoms with Crippen LogP contribution in [-0.4, -0.2) is 22.3 Å². The Morgan fingerprint density at radius 1 is 1.03 bits per heavy atom. The molecular formula is C30H48O3. The maximum atomic E-state index is 11.1. The molecule has 0 aliphatic heterocycles. The third-order valence-electron chi connectivity index (χ3n) is 11.9. The number of hydrogen-bond acceptors (Lipinski definition) is 2. The molecule has 4 rings (SSSR count). The molecule has 0 spiro atoms. The molecule has 4 aliphatic rings. The van der Waals surface area contributed by atoms with E-state index < -0.39 is 5.97 Å². The van der Waals surface area contributed by atoms with Crippen molar-refractivity contribution < 1.29 is 15.0 Å². The molecule has 0 radical (unpaired) electrons. The van der Waals surface area contributed by atoms with Crippen LogP contribution in [0, 0.1) is 39.4 Å². The number of rotatable bonds is 5. The van der Waals surface area contributed by atoms with Gasteiger partial charge in [-0.15, -0.1) is 0 Å². The van der Waals surface area contributed by atoms with Crippen LogP contribution in [0.2, 0.25) is 0 Å². The number of allylic oxidation sites excluding steroid dienone is 3. The van der Waals surface area contributed by atoms with E-state index >= 15 is 0 Å². The van der Waals surface area contributed by atoms with E-state index in [-0.39, 0.29) is 16.9 Å². The van der Waals surface area contributed by atoms with Crippen molar-refractivity contribution >= 4 is 5.97 Å². The summed E-state index contributed by atoms with van der Waals surface area (Å²) in [5, 5.41) is 20.0. The largest absolute Gasteiger partial charge is 0.478 e. The highest BCUT2D eigenvalue weighted by atomic mass is 16.4. The molecule has 2 saturated carbocycles. The van der Waals surface area contributed by atoms with Gasteiger partial charge in [0.2, 0.25) is 0 Å². The molecule has 2 N–H and O–H groups in total. The molecule has 2 unspecified atom stereocenters. The molecule has 3 heteroatoms. The van der Waals surface area contributed by atoms with E-state index in [1.54, 1.807) is 18.1 Å². The summed E-state index contributed by atoms with van der Waals surface area (Å²) in [4.78, 5) is 11.1. The van der Waals surface area contributed by atoms with Crippen LogP contribution in [0.3, 0.4) is 0 Å². The first-order valence-electron chi connectivity index (χ1n) is 13.6. The summed E-state index contributed by atoms with van der Waals surface area (Å²) >= 11 is 0. The Bertz CT molecular complexity index is 866. The van der Waals surface area contributed by atoms with Gasteiger partial charge in [0.1, 0.15) is 0 Å². The highest BCUT2D eigenvalue weighted by Crippen LogP contribution is 2.72. The van der Waals surface area contributed by atoms with Gasteiger partial charge in [-0.25, -0.2) is 4.79 Å². The molecule has 0 aromatic rings. The van der Waals surface area contributed by atoms with E-state index in [4.69, 9.17) is 5.11 Å². The number of aliphatic carboxylic acids is 1. The second-order valence-corrected chi connectivity index (χ2v) is 13.5. The Morgan fingerprint density at radius 2 is 1.73 bits per heavy atom. The smallest absolute Gasteiger partial charge is 0.330 e. The molecular weight excluding hydrogens is 408 g/mol. The SMILES string of the molecule is C/C(=C/CC[C@@H](C)C1CC[C@]2(C)C3=C(CC[C@@]12C)[C@@]1(C)CC[C@@H](O)C(C)(C)C1CC3)C(=O)O. The third kappa shape index (κ3) is 3.58. The monoisotopic (exact) mass is 456 g/mol. The summed E-state index contributed by atoms with van der Waals surface area (Å²) in [5.41, 5.74) is 4.95. The van der Waals surface area contributed by atoms with Gasteiger partial charge in [-0.2, -0.15) is 0 Å². The van der Waals surface area contributed by atoms with Crippen molar-refractivity contribution in [2.24, 2.45) is 39.4 Å². The number of carbonyl (C=O) groups is 1. The maximum Gasteiger partial charge on any atom is 0.330 e. The fourth-order valence-electron chi connectivity index (χ4n) is 9.48. The topological polar surface area (TPSA) is 57.5 Å². The van der Waals surface area contributed by atoms with Gasteiger partial charge in [-0.05, 0) is 111 Å². The van der Waals surface area contributed by atoms with Crippen LogP contribution in [0.4, 0.5) is 0 Å². The fraction of sp³-hybridized carbons (Fsp3) is 0.833. The standard InChI is InChI=1S/C30H48O3/c1-19(9-8-10-20(2)26(32)33)21-13-17-30(7)23-11-12-24-27(3,4)25(31)15-16-28(24,5)22(23)14-18-29(21,30)6/h10,19,21,24-25,31H,8-9,11-18H2,1-7H3,(H,32,33)/b20-10-/t19-,21?,24?,25-,28-,29+,30-/m1/s1. The van der Waals surface area contributed by atoms with Crippen LogP contribution in [0.5, 0.6) is 0 Å². The van der Waals surface area contributed by atoms with Crippen LogP contribution < -0.4 is 0 Å². The first-order valence-corrected chi connectivity index (χ1v) is 13.6. The van der Waals surface area contributed by atoms with Gasteiger partial charge in [0, 0.05) is 5.57 Å². The Labute approximate surface area is 202 Å². The molecule has 0 saturated heterocycles. The van der Waals surface area contributed by atoms with E-state index in [0.717, 1.165) is 25.7 Å². The van der Waals surface area contributed by atoms with Gasteiger partial charge in [0.25, 0.3) is 0 Å². The minimum Gasteiger partial charge on any atom is -0.478 e. The third-order valence-corrected chi connectivity index (χ3v) is 11.9. The van der Waals surface area contributed by atoms with Gasteiger partial charge >= 0.3 is 5.97 Å². The Balaban J connectivity index is 1.60. The number of aliphatic hydroxyl groups excluding tert-OH is 1. The fourth-order valence-corrected chi connectivity index (χ4v) is 9.48. The molecule has 3 nitrogen and oxygen atoms in total. The zero-order chi connectivity index (χ0) is 24.4. The molecule has 0 heterocycles. The highest BCUT2D eigenvalue weighted by molar-refractivity contribution is 5.85. The molecule has 0 aromatic carbocycles. The lowest BCUT2D eigenvalue weighted by Gasteiger charge is -2.62. The van der Waals surface area contributed by atoms with Gasteiger partial charge in [-0.1, -0.05) is 58.8 Å². The van der Waals surface area contributed by atoms with E-state index in [1.165, 1.54) is 38.5 Å². The van der Waals surface area contributed by atoms with Gasteiger partial charge < -0.3 is 10.2 Å². The predicted molar refractivity (Wildman–Crippen MR) is 135 cm³/mol. The van der Waals surface area contributed by atoms with Crippen molar-refractivity contribution in [1.29, 1.82) is 0 Å². The lowest BCUT2D eigenvalue weighted by molar-refractivity contribution is -0.132. The van der Waals surface area contributed by atoms with E-state index in [2.05, 4.69) is 41.5 Å². The van der Waals surface area contributed by atoms with Crippen molar-refractivity contribution in [1.82, 2.24) is 0 Å². The number of aliphatic hydroxyl groups is 1. The lowest BCUT2D eigenvalue weighted by atomic mass is 9.43. The summed E-state index contributed by atoms with van der Waals surface area (Å²) in [5.74, 6) is 1.12. The summed E-state index contributed by atoms with van der Waals surface area (Å²) in [7, 11) is 0. The molecule has 0 bridgehead atoms. The van der Waals surface area contributed by atoms with E-state index in [1.807, 2.05) is 6.08 Å². The summed E-state index contributed by atoms with van der Waals surface area (Å²) in [6.07, 6.45) is 13.3. The molecule has 2 fully saturated rings. The number of hydrogen-bond donors (Lipinski definition) is 2. The summed E-state index contributed by atoms with van der Waals surface area (Å²) in [6, 6.07) is 0. The minimum absolute atomic E-state index is 0.00150. The van der Waals surface area contributed by atoms with Gasteiger partial charge in [0.15, 0.2) is 0 Å². The number of fused-ring (bicyclic) bond motifs is 4. The zero-order valence-electron chi connectivity index (χ0n) is 22.3. The van der Waals surface area contributed by atoms with Crippen LogP contribution >= 0.6 is 0 Å². The highest BCUT2D eigenvalue weighted by Gasteiger charge is 2.63. The molecule has 33 heavy (non-hydrogen) atoms. The van der Waals surface area contributed by atoms with Gasteiger partial charge in [-0.3, -0.25) is 0 Å². The lowest BCUT2D eigenvalue weighted by Crippen LogP contribution is -2.55. The van der Waals surface area contributed by atoms with E-state index in [9.17, 15) is 9.90 Å². The van der Waals surface area contributed by atoms with Crippen LogP contribution in [-0.2, 0) is 4.79 Å². The van der Waals surface area contributed by atoms with Crippen molar-refractivity contribution in [2.75, 3.05) is 0 Å². The quantitative estimate of drug-likeness (QED) is 0.332. The average molecular weight is 457 g/mol. The molecule has 4 aliphatic carbocycles. The van der Waals surface area contributed by atoms with Crippen molar-refractivity contribution in [3.63, 3.8) is 0 Å². The second kappa shape index (κ2) is 8.25. The van der Waals surface area contributed by atoms with E-state index in [0.29, 0.717) is 34.2 Å². The van der Waals surface area contributed by atoms with Crippen molar-refractivity contribution in [2.45, 2.75) is 119 Å². The first-order chi connectivity index (χ1) is 15.3. The summed E-state index contributed by atoms with van der Waals surface area (Å²) < 4.78 is 0. The Morgan fingerprint density at radius 3 is 2.39 bits per heavy atom. The number of carboxylic acid groups (broad SMARTS) is 1. The van der Waals surface area contributed by atoms with Crippen molar-refractivity contribution in [3.05, 3.63) is 22.8 Å². The molecule has 186 valence electrons. The van der Waals surface area contributed by atoms with Crippen LogP contribution in [0.1, 0.15) is 113 Å².